The highest BCUT2D eigenvalue weighted by Crippen LogP contribution is 2.43. The Morgan fingerprint density at radius 1 is 1.31 bits per heavy atom. The number of fused-ring (bicyclic) bond motifs is 2. The number of carboxylic acid groups (broad SMARTS) is 1. The van der Waals surface area contributed by atoms with Crippen LogP contribution < -0.4 is 0 Å². The summed E-state index contributed by atoms with van der Waals surface area (Å²) in [4.78, 5) is 11.0. The third-order valence-corrected chi connectivity index (χ3v) is 3.76. The zero-order chi connectivity index (χ0) is 11.1. The fourth-order valence-corrected chi connectivity index (χ4v) is 2.93. The number of aliphatic carboxylic acids is 1. The average Bonchev–Trinajstić information content (AvgIpc) is 2.66. The van der Waals surface area contributed by atoms with Gasteiger partial charge in [0.1, 0.15) is 0 Å². The minimum atomic E-state index is -0.637. The lowest BCUT2D eigenvalue weighted by Gasteiger charge is -2.20. The minimum absolute atomic E-state index is 0.159. The van der Waals surface area contributed by atoms with E-state index in [1.165, 1.54) is 22.3 Å². The van der Waals surface area contributed by atoms with Gasteiger partial charge in [-0.1, -0.05) is 29.8 Å². The largest absolute Gasteiger partial charge is 0.481 e. The minimum Gasteiger partial charge on any atom is -0.481 e. The molecular formula is C14H14O2. The lowest BCUT2D eigenvalue weighted by Crippen LogP contribution is -2.17. The molecule has 0 heterocycles. The Labute approximate surface area is 94.6 Å². The van der Waals surface area contributed by atoms with Gasteiger partial charge in [0.15, 0.2) is 0 Å². The van der Waals surface area contributed by atoms with Crippen LogP contribution in [0, 0.1) is 5.92 Å². The Morgan fingerprint density at radius 3 is 2.94 bits per heavy atom. The maximum atomic E-state index is 11.0. The van der Waals surface area contributed by atoms with Crippen LogP contribution in [0.15, 0.2) is 29.8 Å². The summed E-state index contributed by atoms with van der Waals surface area (Å²) >= 11 is 0. The molecule has 1 unspecified atom stereocenters. The maximum Gasteiger partial charge on any atom is 0.306 e. The van der Waals surface area contributed by atoms with Crippen LogP contribution in [0.25, 0.3) is 5.57 Å². The molecule has 2 aliphatic carbocycles. The van der Waals surface area contributed by atoms with Crippen molar-refractivity contribution < 1.29 is 9.90 Å². The standard InChI is InChI=1S/C14H14O2/c15-14(16)10-5-6-13-11(8-10)7-9-3-1-2-4-12(9)13/h1-4,10H,5-8H2,(H,15,16). The predicted molar refractivity (Wildman–Crippen MR) is 62.0 cm³/mol. The lowest BCUT2D eigenvalue weighted by atomic mass is 9.84. The van der Waals surface area contributed by atoms with Gasteiger partial charge in [0.25, 0.3) is 0 Å². The third kappa shape index (κ3) is 1.37. The van der Waals surface area contributed by atoms with Crippen LogP contribution in [-0.4, -0.2) is 11.1 Å². The fourth-order valence-electron chi connectivity index (χ4n) is 2.93. The molecule has 1 N–H and O–H groups in total. The molecule has 2 heteroatoms. The number of rotatable bonds is 1. The second kappa shape index (κ2) is 3.48. The molecule has 1 atom stereocenters. The first-order chi connectivity index (χ1) is 7.75. The third-order valence-electron chi connectivity index (χ3n) is 3.76. The van der Waals surface area contributed by atoms with E-state index in [1.807, 2.05) is 0 Å². The van der Waals surface area contributed by atoms with E-state index in [0.29, 0.717) is 0 Å². The first kappa shape index (κ1) is 9.64. The van der Waals surface area contributed by atoms with Gasteiger partial charge >= 0.3 is 5.97 Å². The van der Waals surface area contributed by atoms with Crippen molar-refractivity contribution in [2.24, 2.45) is 5.92 Å². The van der Waals surface area contributed by atoms with Gasteiger partial charge in [-0.15, -0.1) is 0 Å². The van der Waals surface area contributed by atoms with E-state index in [2.05, 4.69) is 24.3 Å². The van der Waals surface area contributed by atoms with E-state index in [1.54, 1.807) is 0 Å². The molecule has 1 aromatic rings. The number of allylic oxidation sites excluding steroid dienone is 2. The van der Waals surface area contributed by atoms with Crippen LogP contribution >= 0.6 is 0 Å². The van der Waals surface area contributed by atoms with Crippen molar-refractivity contribution in [3.63, 3.8) is 0 Å². The first-order valence-corrected chi connectivity index (χ1v) is 5.77. The number of carbonyl (C=O) groups is 1. The number of hydrogen-bond donors (Lipinski definition) is 1. The van der Waals surface area contributed by atoms with Crippen LogP contribution in [0.4, 0.5) is 0 Å². The molecule has 0 bridgehead atoms. The second-order valence-electron chi connectivity index (χ2n) is 4.69. The Hall–Kier alpha value is -1.57. The van der Waals surface area contributed by atoms with Crippen molar-refractivity contribution in [2.45, 2.75) is 25.7 Å². The van der Waals surface area contributed by atoms with E-state index in [0.717, 1.165) is 25.7 Å². The lowest BCUT2D eigenvalue weighted by molar-refractivity contribution is -0.142. The van der Waals surface area contributed by atoms with Crippen LogP contribution in [0.3, 0.4) is 0 Å². The topological polar surface area (TPSA) is 37.3 Å². The molecule has 0 saturated carbocycles. The Bertz CT molecular complexity index is 485. The SMILES string of the molecule is O=C(O)C1CCC2=C(Cc3ccccc32)C1. The predicted octanol–water partition coefficient (Wildman–Crippen LogP) is 2.88. The second-order valence-corrected chi connectivity index (χ2v) is 4.69. The summed E-state index contributed by atoms with van der Waals surface area (Å²) < 4.78 is 0. The summed E-state index contributed by atoms with van der Waals surface area (Å²) in [5.41, 5.74) is 5.52. The Morgan fingerprint density at radius 2 is 2.12 bits per heavy atom. The van der Waals surface area contributed by atoms with Crippen molar-refractivity contribution in [1.29, 1.82) is 0 Å². The van der Waals surface area contributed by atoms with Gasteiger partial charge < -0.3 is 5.11 Å². The molecule has 1 aromatic carbocycles. The Balaban J connectivity index is 1.94. The molecule has 0 amide bonds. The molecule has 0 aromatic heterocycles. The van der Waals surface area contributed by atoms with Gasteiger partial charge in [0, 0.05) is 0 Å². The molecule has 3 rings (SSSR count). The fraction of sp³-hybridized carbons (Fsp3) is 0.357. The van der Waals surface area contributed by atoms with Gasteiger partial charge in [-0.2, -0.15) is 0 Å². The monoisotopic (exact) mass is 214 g/mol. The quantitative estimate of drug-likeness (QED) is 0.780. The molecule has 0 spiro atoms. The van der Waals surface area contributed by atoms with Crippen molar-refractivity contribution in [3.05, 3.63) is 41.0 Å². The van der Waals surface area contributed by atoms with Gasteiger partial charge in [-0.25, -0.2) is 0 Å². The van der Waals surface area contributed by atoms with Crippen LogP contribution in [0.1, 0.15) is 30.4 Å². The van der Waals surface area contributed by atoms with Crippen LogP contribution in [-0.2, 0) is 11.2 Å². The molecular weight excluding hydrogens is 200 g/mol. The molecule has 16 heavy (non-hydrogen) atoms. The number of hydrogen-bond acceptors (Lipinski definition) is 1. The van der Waals surface area contributed by atoms with Crippen molar-refractivity contribution in [2.75, 3.05) is 0 Å². The summed E-state index contributed by atoms with van der Waals surface area (Å²) in [5.74, 6) is -0.796. The molecule has 82 valence electrons. The summed E-state index contributed by atoms with van der Waals surface area (Å²) in [7, 11) is 0. The van der Waals surface area contributed by atoms with Crippen LogP contribution in [0.5, 0.6) is 0 Å². The van der Waals surface area contributed by atoms with Crippen molar-refractivity contribution in [1.82, 2.24) is 0 Å². The number of carboxylic acids is 1. The highest BCUT2D eigenvalue weighted by molar-refractivity contribution is 5.80. The summed E-state index contributed by atoms with van der Waals surface area (Å²) in [6.45, 7) is 0. The first-order valence-electron chi connectivity index (χ1n) is 5.77. The van der Waals surface area contributed by atoms with Gasteiger partial charge in [0.05, 0.1) is 5.92 Å². The highest BCUT2D eigenvalue weighted by atomic mass is 16.4. The zero-order valence-corrected chi connectivity index (χ0v) is 9.07. The maximum absolute atomic E-state index is 11.0. The normalized spacial score (nSPS) is 22.9. The van der Waals surface area contributed by atoms with Gasteiger partial charge in [-0.3, -0.25) is 4.79 Å². The average molecular weight is 214 g/mol. The van der Waals surface area contributed by atoms with Gasteiger partial charge in [-0.05, 0) is 42.4 Å². The van der Waals surface area contributed by atoms with Crippen LogP contribution in [0.2, 0.25) is 0 Å². The van der Waals surface area contributed by atoms with Gasteiger partial charge in [0.2, 0.25) is 0 Å². The molecule has 0 radical (unpaired) electrons. The Kier molecular flexibility index (Phi) is 2.10. The molecule has 0 aliphatic heterocycles. The van der Waals surface area contributed by atoms with E-state index in [-0.39, 0.29) is 5.92 Å². The van der Waals surface area contributed by atoms with E-state index in [9.17, 15) is 4.79 Å². The van der Waals surface area contributed by atoms with E-state index < -0.39 is 5.97 Å². The highest BCUT2D eigenvalue weighted by Gasteiger charge is 2.30. The summed E-state index contributed by atoms with van der Waals surface area (Å²) in [6, 6.07) is 8.45. The summed E-state index contributed by atoms with van der Waals surface area (Å²) in [6.07, 6.45) is 3.44. The molecule has 2 aliphatic rings. The molecule has 2 nitrogen and oxygen atoms in total. The smallest absolute Gasteiger partial charge is 0.306 e. The zero-order valence-electron chi connectivity index (χ0n) is 9.07. The van der Waals surface area contributed by atoms with E-state index >= 15 is 0 Å². The number of benzene rings is 1. The molecule has 0 saturated heterocycles. The van der Waals surface area contributed by atoms with Crippen molar-refractivity contribution >= 4 is 11.5 Å². The summed E-state index contributed by atoms with van der Waals surface area (Å²) in [5, 5.41) is 9.05. The van der Waals surface area contributed by atoms with Crippen molar-refractivity contribution in [3.8, 4) is 0 Å². The molecule has 0 fully saturated rings. The van der Waals surface area contributed by atoms with E-state index in [4.69, 9.17) is 5.11 Å².